The largest absolute Gasteiger partial charge is 0.350 e. The number of carbonyl (C=O) groups is 2. The standard InChI is InChI=1S/C31H38N2O2S/c1-24-13-11-12-18-27(24)22-33(29(34)19-20-36-23-26-16-9-6-10-17-26)28(30(35)32-31(2,3)4)21-25-14-7-5-8-15-25/h5-18,28H,19-23H2,1-4H3,(H,32,35). The predicted octanol–water partition coefficient (Wildman–Crippen LogP) is 6.17. The highest BCUT2D eigenvalue weighted by atomic mass is 32.2. The van der Waals surface area contributed by atoms with Crippen LogP contribution in [0.2, 0.25) is 0 Å². The Morgan fingerprint density at radius 1 is 0.861 bits per heavy atom. The summed E-state index contributed by atoms with van der Waals surface area (Å²) in [6, 6.07) is 27.7. The number of carbonyl (C=O) groups excluding carboxylic acids is 2. The first-order valence-electron chi connectivity index (χ1n) is 12.5. The van der Waals surface area contributed by atoms with Crippen LogP contribution in [0.25, 0.3) is 0 Å². The summed E-state index contributed by atoms with van der Waals surface area (Å²) in [5.41, 5.74) is 4.06. The smallest absolute Gasteiger partial charge is 0.243 e. The molecule has 0 aliphatic rings. The van der Waals surface area contributed by atoms with E-state index in [0.29, 0.717) is 25.1 Å². The lowest BCUT2D eigenvalue weighted by molar-refractivity contribution is -0.141. The van der Waals surface area contributed by atoms with Gasteiger partial charge in [-0.3, -0.25) is 9.59 Å². The molecule has 190 valence electrons. The van der Waals surface area contributed by atoms with E-state index < -0.39 is 11.6 Å². The lowest BCUT2D eigenvalue weighted by Crippen LogP contribution is -2.54. The molecule has 2 amide bonds. The first kappa shape index (κ1) is 27.5. The minimum atomic E-state index is -0.599. The molecule has 36 heavy (non-hydrogen) atoms. The SMILES string of the molecule is Cc1ccccc1CN(C(=O)CCSCc1ccccc1)C(Cc1ccccc1)C(=O)NC(C)(C)C. The van der Waals surface area contributed by atoms with Crippen LogP contribution in [0.1, 0.15) is 49.4 Å². The van der Waals surface area contributed by atoms with Crippen molar-refractivity contribution in [1.29, 1.82) is 0 Å². The second kappa shape index (κ2) is 13.3. The van der Waals surface area contributed by atoms with Gasteiger partial charge in [0.1, 0.15) is 6.04 Å². The van der Waals surface area contributed by atoms with Crippen LogP contribution in [0.3, 0.4) is 0 Å². The van der Waals surface area contributed by atoms with Gasteiger partial charge < -0.3 is 10.2 Å². The summed E-state index contributed by atoms with van der Waals surface area (Å²) >= 11 is 1.75. The molecule has 0 heterocycles. The van der Waals surface area contributed by atoms with Crippen LogP contribution >= 0.6 is 11.8 Å². The zero-order chi connectivity index (χ0) is 26.0. The zero-order valence-electron chi connectivity index (χ0n) is 21.9. The van der Waals surface area contributed by atoms with E-state index >= 15 is 0 Å². The number of thioether (sulfide) groups is 1. The Morgan fingerprint density at radius 2 is 1.44 bits per heavy atom. The average molecular weight is 503 g/mol. The van der Waals surface area contributed by atoms with E-state index in [1.807, 2.05) is 87.5 Å². The van der Waals surface area contributed by atoms with Crippen molar-refractivity contribution >= 4 is 23.6 Å². The Balaban J connectivity index is 1.83. The average Bonchev–Trinajstić information content (AvgIpc) is 2.85. The Labute approximate surface area is 220 Å². The molecule has 0 aliphatic heterocycles. The second-order valence-electron chi connectivity index (χ2n) is 10.2. The van der Waals surface area contributed by atoms with Crippen molar-refractivity contribution < 1.29 is 9.59 Å². The summed E-state index contributed by atoms with van der Waals surface area (Å²) < 4.78 is 0. The van der Waals surface area contributed by atoms with Gasteiger partial charge in [-0.15, -0.1) is 0 Å². The maximum Gasteiger partial charge on any atom is 0.243 e. The van der Waals surface area contributed by atoms with Gasteiger partial charge in [0.15, 0.2) is 0 Å². The van der Waals surface area contributed by atoms with Crippen molar-refractivity contribution in [2.45, 2.75) is 64.4 Å². The summed E-state index contributed by atoms with van der Waals surface area (Å²) in [4.78, 5) is 29.1. The molecule has 3 rings (SSSR count). The van der Waals surface area contributed by atoms with Gasteiger partial charge >= 0.3 is 0 Å². The van der Waals surface area contributed by atoms with Gasteiger partial charge in [-0.25, -0.2) is 0 Å². The topological polar surface area (TPSA) is 49.4 Å². The summed E-state index contributed by atoms with van der Waals surface area (Å²) in [7, 11) is 0. The minimum Gasteiger partial charge on any atom is -0.350 e. The molecule has 1 atom stereocenters. The van der Waals surface area contributed by atoms with Crippen LogP contribution in [0.5, 0.6) is 0 Å². The van der Waals surface area contributed by atoms with E-state index in [0.717, 1.165) is 22.4 Å². The zero-order valence-corrected chi connectivity index (χ0v) is 22.7. The van der Waals surface area contributed by atoms with Crippen molar-refractivity contribution in [2.24, 2.45) is 0 Å². The molecule has 1 N–H and O–H groups in total. The van der Waals surface area contributed by atoms with E-state index in [2.05, 4.69) is 30.4 Å². The van der Waals surface area contributed by atoms with Crippen LogP contribution in [0.15, 0.2) is 84.9 Å². The van der Waals surface area contributed by atoms with E-state index in [-0.39, 0.29) is 11.8 Å². The van der Waals surface area contributed by atoms with Crippen LogP contribution in [0.4, 0.5) is 0 Å². The molecule has 1 unspecified atom stereocenters. The Bertz CT molecular complexity index is 1110. The third kappa shape index (κ3) is 8.87. The first-order chi connectivity index (χ1) is 17.2. The number of rotatable bonds is 11. The Hall–Kier alpha value is -3.05. The molecule has 4 nitrogen and oxygen atoms in total. The lowest BCUT2D eigenvalue weighted by Gasteiger charge is -2.34. The van der Waals surface area contributed by atoms with Crippen molar-refractivity contribution in [2.75, 3.05) is 5.75 Å². The molecule has 0 aromatic heterocycles. The fourth-order valence-electron chi connectivity index (χ4n) is 4.05. The van der Waals surface area contributed by atoms with Crippen molar-refractivity contribution in [3.05, 3.63) is 107 Å². The van der Waals surface area contributed by atoms with Gasteiger partial charge in [-0.1, -0.05) is 84.9 Å². The van der Waals surface area contributed by atoms with Gasteiger partial charge in [0.25, 0.3) is 0 Å². The molecule has 3 aromatic rings. The molecule has 0 aliphatic carbocycles. The fourth-order valence-corrected chi connectivity index (χ4v) is 4.94. The maximum atomic E-state index is 13.7. The van der Waals surface area contributed by atoms with Gasteiger partial charge in [-0.05, 0) is 49.9 Å². The summed E-state index contributed by atoms with van der Waals surface area (Å²) in [6.07, 6.45) is 0.856. The summed E-state index contributed by atoms with van der Waals surface area (Å²) in [5.74, 6) is 1.45. The molecule has 0 saturated heterocycles. The molecule has 5 heteroatoms. The number of hydrogen-bond acceptors (Lipinski definition) is 3. The number of aryl methyl sites for hydroxylation is 1. The van der Waals surface area contributed by atoms with Crippen molar-refractivity contribution in [3.63, 3.8) is 0 Å². The van der Waals surface area contributed by atoms with Gasteiger partial charge in [-0.2, -0.15) is 11.8 Å². The van der Waals surface area contributed by atoms with E-state index in [1.54, 1.807) is 16.7 Å². The monoisotopic (exact) mass is 502 g/mol. The number of nitrogens with one attached hydrogen (secondary N) is 1. The van der Waals surface area contributed by atoms with Crippen LogP contribution in [-0.2, 0) is 28.3 Å². The van der Waals surface area contributed by atoms with E-state index in [4.69, 9.17) is 0 Å². The minimum absolute atomic E-state index is 0.00352. The van der Waals surface area contributed by atoms with E-state index in [1.165, 1.54) is 5.56 Å². The molecule has 0 fully saturated rings. The third-order valence-corrected chi connectivity index (χ3v) is 6.97. The molecular weight excluding hydrogens is 464 g/mol. The third-order valence-electron chi connectivity index (χ3n) is 5.94. The highest BCUT2D eigenvalue weighted by molar-refractivity contribution is 7.98. The predicted molar refractivity (Wildman–Crippen MR) is 151 cm³/mol. The molecule has 3 aromatic carbocycles. The summed E-state index contributed by atoms with van der Waals surface area (Å²) in [6.45, 7) is 8.37. The normalized spacial score (nSPS) is 12.1. The summed E-state index contributed by atoms with van der Waals surface area (Å²) in [5, 5.41) is 3.13. The van der Waals surface area contributed by atoms with Gasteiger partial charge in [0.05, 0.1) is 0 Å². The lowest BCUT2D eigenvalue weighted by atomic mass is 9.99. The first-order valence-corrected chi connectivity index (χ1v) is 13.7. The number of benzene rings is 3. The Morgan fingerprint density at radius 3 is 2.06 bits per heavy atom. The molecule has 0 bridgehead atoms. The Kier molecular flexibility index (Phi) is 10.2. The van der Waals surface area contributed by atoms with E-state index in [9.17, 15) is 9.59 Å². The molecular formula is C31H38N2O2S. The van der Waals surface area contributed by atoms with Gasteiger partial charge in [0.2, 0.25) is 11.8 Å². The number of hydrogen-bond donors (Lipinski definition) is 1. The van der Waals surface area contributed by atoms with Crippen LogP contribution in [0, 0.1) is 6.92 Å². The quantitative estimate of drug-likeness (QED) is 0.319. The molecule has 0 saturated carbocycles. The van der Waals surface area contributed by atoms with Crippen LogP contribution < -0.4 is 5.32 Å². The number of nitrogens with zero attached hydrogens (tertiary/aromatic N) is 1. The van der Waals surface area contributed by atoms with Crippen molar-refractivity contribution in [3.8, 4) is 0 Å². The highest BCUT2D eigenvalue weighted by Crippen LogP contribution is 2.20. The second-order valence-corrected chi connectivity index (χ2v) is 11.3. The molecule has 0 radical (unpaired) electrons. The van der Waals surface area contributed by atoms with Gasteiger partial charge in [0, 0.05) is 36.4 Å². The fraction of sp³-hybridized carbons (Fsp3) is 0.355. The maximum absolute atomic E-state index is 13.7. The molecule has 0 spiro atoms. The van der Waals surface area contributed by atoms with Crippen molar-refractivity contribution in [1.82, 2.24) is 10.2 Å². The van der Waals surface area contributed by atoms with Crippen LogP contribution in [-0.4, -0.2) is 34.0 Å². The highest BCUT2D eigenvalue weighted by Gasteiger charge is 2.32. The number of amides is 2.